The van der Waals surface area contributed by atoms with E-state index < -0.39 is 6.10 Å². The molecule has 0 saturated carbocycles. The highest BCUT2D eigenvalue weighted by atomic mass is 32.2. The largest absolute Gasteiger partial charge is 0.366 e. The van der Waals surface area contributed by atoms with E-state index in [0.29, 0.717) is 13.2 Å². The lowest BCUT2D eigenvalue weighted by Crippen LogP contribution is -2.45. The summed E-state index contributed by atoms with van der Waals surface area (Å²) in [5, 5.41) is 6.09. The predicted molar refractivity (Wildman–Crippen MR) is 74.1 cm³/mol. The number of anilines is 1. The standard InChI is InChI=1S/C13H18N2O2S/c1-2-18-12-6-4-3-5-10(12)15-13(16)11-9-14-7-8-17-11/h3-6,11,14H,2,7-9H2,1H3,(H,15,16). The maximum Gasteiger partial charge on any atom is 0.254 e. The van der Waals surface area contributed by atoms with Crippen molar-refractivity contribution in [3.63, 3.8) is 0 Å². The second-order valence-electron chi connectivity index (χ2n) is 3.98. The van der Waals surface area contributed by atoms with Gasteiger partial charge in [-0.3, -0.25) is 4.79 Å². The normalized spacial score (nSPS) is 19.5. The summed E-state index contributed by atoms with van der Waals surface area (Å²) in [4.78, 5) is 13.1. The van der Waals surface area contributed by atoms with Crippen molar-refractivity contribution in [2.75, 3.05) is 30.8 Å². The van der Waals surface area contributed by atoms with Crippen LogP contribution in [-0.2, 0) is 9.53 Å². The highest BCUT2D eigenvalue weighted by Crippen LogP contribution is 2.26. The molecule has 1 aromatic carbocycles. The molecule has 1 aromatic rings. The Bertz CT molecular complexity index is 406. The summed E-state index contributed by atoms with van der Waals surface area (Å²) >= 11 is 1.72. The van der Waals surface area contributed by atoms with E-state index in [-0.39, 0.29) is 5.91 Å². The zero-order valence-corrected chi connectivity index (χ0v) is 11.3. The van der Waals surface area contributed by atoms with Gasteiger partial charge < -0.3 is 15.4 Å². The van der Waals surface area contributed by atoms with Crippen LogP contribution in [0.4, 0.5) is 5.69 Å². The van der Waals surface area contributed by atoms with E-state index in [1.807, 2.05) is 24.3 Å². The minimum Gasteiger partial charge on any atom is -0.366 e. The van der Waals surface area contributed by atoms with Gasteiger partial charge in [0.05, 0.1) is 12.3 Å². The molecule has 0 bridgehead atoms. The number of para-hydroxylation sites is 1. The van der Waals surface area contributed by atoms with Crippen LogP contribution in [0.3, 0.4) is 0 Å². The molecule has 0 aliphatic carbocycles. The molecule has 2 N–H and O–H groups in total. The number of nitrogens with one attached hydrogen (secondary N) is 2. The van der Waals surface area contributed by atoms with E-state index in [9.17, 15) is 4.79 Å². The lowest BCUT2D eigenvalue weighted by molar-refractivity contribution is -0.128. The van der Waals surface area contributed by atoms with Crippen LogP contribution in [0.15, 0.2) is 29.2 Å². The number of thioether (sulfide) groups is 1. The third kappa shape index (κ3) is 3.48. The summed E-state index contributed by atoms with van der Waals surface area (Å²) in [5.41, 5.74) is 0.864. The molecule has 2 rings (SSSR count). The zero-order chi connectivity index (χ0) is 12.8. The molecule has 5 heteroatoms. The highest BCUT2D eigenvalue weighted by molar-refractivity contribution is 7.99. The van der Waals surface area contributed by atoms with Crippen molar-refractivity contribution in [1.29, 1.82) is 0 Å². The van der Waals surface area contributed by atoms with Gasteiger partial charge in [0.15, 0.2) is 0 Å². The fourth-order valence-electron chi connectivity index (χ4n) is 1.80. The van der Waals surface area contributed by atoms with Crippen molar-refractivity contribution in [1.82, 2.24) is 5.32 Å². The number of ether oxygens (including phenoxy) is 1. The van der Waals surface area contributed by atoms with Gasteiger partial charge in [0.25, 0.3) is 5.91 Å². The molecule has 1 saturated heterocycles. The zero-order valence-electron chi connectivity index (χ0n) is 10.4. The molecule has 1 aliphatic heterocycles. The van der Waals surface area contributed by atoms with Gasteiger partial charge in [-0.2, -0.15) is 0 Å². The van der Waals surface area contributed by atoms with Crippen LogP contribution in [0.2, 0.25) is 0 Å². The van der Waals surface area contributed by atoms with Crippen LogP contribution in [0.1, 0.15) is 6.92 Å². The minimum absolute atomic E-state index is 0.0775. The Kier molecular flexibility index (Phi) is 5.04. The maximum absolute atomic E-state index is 12.0. The summed E-state index contributed by atoms with van der Waals surface area (Å²) in [6, 6.07) is 7.84. The van der Waals surface area contributed by atoms with E-state index in [4.69, 9.17) is 4.74 Å². The van der Waals surface area contributed by atoms with Gasteiger partial charge in [0, 0.05) is 18.0 Å². The van der Waals surface area contributed by atoms with Crippen LogP contribution >= 0.6 is 11.8 Å². The molecule has 1 unspecified atom stereocenters. The van der Waals surface area contributed by atoms with E-state index >= 15 is 0 Å². The maximum atomic E-state index is 12.0. The highest BCUT2D eigenvalue weighted by Gasteiger charge is 2.22. The Hall–Kier alpha value is -1.04. The van der Waals surface area contributed by atoms with Gasteiger partial charge in [0.2, 0.25) is 0 Å². The third-order valence-electron chi connectivity index (χ3n) is 2.66. The van der Waals surface area contributed by atoms with Crippen molar-refractivity contribution in [3.8, 4) is 0 Å². The number of morpholine rings is 1. The summed E-state index contributed by atoms with van der Waals surface area (Å²) in [5.74, 6) is 0.903. The first-order valence-electron chi connectivity index (χ1n) is 6.16. The average Bonchev–Trinajstić information content (AvgIpc) is 2.42. The fourth-order valence-corrected chi connectivity index (χ4v) is 2.56. The molecule has 0 aromatic heterocycles. The van der Waals surface area contributed by atoms with Crippen LogP contribution < -0.4 is 10.6 Å². The van der Waals surface area contributed by atoms with Crippen molar-refractivity contribution in [3.05, 3.63) is 24.3 Å². The Balaban J connectivity index is 2.01. The third-order valence-corrected chi connectivity index (χ3v) is 3.62. The monoisotopic (exact) mass is 266 g/mol. The summed E-state index contributed by atoms with van der Waals surface area (Å²) in [6.45, 7) is 4.07. The SMILES string of the molecule is CCSc1ccccc1NC(=O)C1CNCCO1. The van der Waals surface area contributed by atoms with Crippen molar-refractivity contribution in [2.24, 2.45) is 0 Å². The molecule has 1 heterocycles. The fraction of sp³-hybridized carbons (Fsp3) is 0.462. The second-order valence-corrected chi connectivity index (χ2v) is 5.29. The van der Waals surface area contributed by atoms with Gasteiger partial charge >= 0.3 is 0 Å². The average molecular weight is 266 g/mol. The van der Waals surface area contributed by atoms with Gasteiger partial charge in [-0.05, 0) is 17.9 Å². The van der Waals surface area contributed by atoms with E-state index in [2.05, 4.69) is 17.6 Å². The van der Waals surface area contributed by atoms with Crippen LogP contribution in [0, 0.1) is 0 Å². The quantitative estimate of drug-likeness (QED) is 0.815. The lowest BCUT2D eigenvalue weighted by Gasteiger charge is -2.23. The summed E-state index contributed by atoms with van der Waals surface area (Å²) in [7, 11) is 0. The van der Waals surface area contributed by atoms with Crippen molar-refractivity contribution in [2.45, 2.75) is 17.9 Å². The minimum atomic E-state index is -0.390. The second kappa shape index (κ2) is 6.78. The Morgan fingerprint density at radius 2 is 2.39 bits per heavy atom. The summed E-state index contributed by atoms with van der Waals surface area (Å²) in [6.07, 6.45) is -0.390. The van der Waals surface area contributed by atoms with E-state index in [0.717, 1.165) is 22.9 Å². The van der Waals surface area contributed by atoms with E-state index in [1.54, 1.807) is 11.8 Å². The smallest absolute Gasteiger partial charge is 0.254 e. The molecular formula is C13H18N2O2S. The van der Waals surface area contributed by atoms with Gasteiger partial charge in [-0.25, -0.2) is 0 Å². The Morgan fingerprint density at radius 3 is 3.11 bits per heavy atom. The molecule has 1 fully saturated rings. The first kappa shape index (κ1) is 13.4. The molecule has 4 nitrogen and oxygen atoms in total. The number of amides is 1. The van der Waals surface area contributed by atoms with Gasteiger partial charge in [-0.1, -0.05) is 19.1 Å². The van der Waals surface area contributed by atoms with Crippen molar-refractivity contribution < 1.29 is 9.53 Å². The molecule has 1 amide bonds. The van der Waals surface area contributed by atoms with Gasteiger partial charge in [0.1, 0.15) is 6.10 Å². The van der Waals surface area contributed by atoms with Gasteiger partial charge in [-0.15, -0.1) is 11.8 Å². The molecule has 1 aliphatic rings. The first-order valence-corrected chi connectivity index (χ1v) is 7.15. The van der Waals surface area contributed by atoms with Crippen LogP contribution in [0.25, 0.3) is 0 Å². The Labute approximate surface area is 111 Å². The number of hydrogen-bond donors (Lipinski definition) is 2. The van der Waals surface area contributed by atoms with Crippen LogP contribution in [0.5, 0.6) is 0 Å². The molecule has 1 atom stereocenters. The summed E-state index contributed by atoms with van der Waals surface area (Å²) < 4.78 is 5.43. The topological polar surface area (TPSA) is 50.4 Å². The number of benzene rings is 1. The van der Waals surface area contributed by atoms with Crippen molar-refractivity contribution >= 4 is 23.4 Å². The number of carbonyl (C=O) groups is 1. The molecule has 0 radical (unpaired) electrons. The lowest BCUT2D eigenvalue weighted by atomic mass is 10.2. The predicted octanol–water partition coefficient (Wildman–Crippen LogP) is 1.73. The van der Waals surface area contributed by atoms with Crippen LogP contribution in [-0.4, -0.2) is 37.5 Å². The Morgan fingerprint density at radius 1 is 1.56 bits per heavy atom. The number of hydrogen-bond acceptors (Lipinski definition) is 4. The number of carbonyl (C=O) groups excluding carboxylic acids is 1. The molecule has 98 valence electrons. The van der Waals surface area contributed by atoms with E-state index in [1.165, 1.54) is 0 Å². The molecule has 0 spiro atoms. The first-order chi connectivity index (χ1) is 8.81. The molecule has 18 heavy (non-hydrogen) atoms. The number of rotatable bonds is 4. The molecular weight excluding hydrogens is 248 g/mol.